The van der Waals surface area contributed by atoms with Crippen molar-refractivity contribution in [1.29, 1.82) is 0 Å². The Balaban J connectivity index is 2.43. The Bertz CT molecular complexity index is 555. The average molecular weight is 309 g/mol. The van der Waals surface area contributed by atoms with Crippen molar-refractivity contribution in [3.8, 4) is 5.88 Å². The van der Waals surface area contributed by atoms with Gasteiger partial charge in [-0.25, -0.2) is 4.98 Å². The predicted molar refractivity (Wildman–Crippen MR) is 76.9 cm³/mol. The maximum Gasteiger partial charge on any atom is 0.224 e. The zero-order chi connectivity index (χ0) is 13.1. The molecule has 0 bridgehead atoms. The molecule has 0 N–H and O–H groups in total. The topological polar surface area (TPSA) is 35.0 Å². The number of rotatable bonds is 4. The van der Waals surface area contributed by atoms with Crippen molar-refractivity contribution in [3.63, 3.8) is 0 Å². The van der Waals surface area contributed by atoms with Crippen LogP contribution in [0.4, 0.5) is 0 Å². The van der Waals surface area contributed by atoms with Crippen LogP contribution >= 0.6 is 15.9 Å². The number of ether oxygens (including phenoxy) is 1. The van der Waals surface area contributed by atoms with E-state index in [2.05, 4.69) is 39.7 Å². The van der Waals surface area contributed by atoms with Gasteiger partial charge in [-0.2, -0.15) is 4.98 Å². The number of methoxy groups -OCH3 is 1. The van der Waals surface area contributed by atoms with Gasteiger partial charge in [-0.3, -0.25) is 0 Å². The third kappa shape index (κ3) is 2.99. The van der Waals surface area contributed by atoms with Crippen molar-refractivity contribution in [1.82, 2.24) is 9.97 Å². The molecule has 0 atom stereocenters. The summed E-state index contributed by atoms with van der Waals surface area (Å²) in [5.41, 5.74) is 0.934. The van der Waals surface area contributed by atoms with Gasteiger partial charge >= 0.3 is 0 Å². The lowest BCUT2D eigenvalue weighted by atomic mass is 10.1. The third-order valence-corrected chi connectivity index (χ3v) is 3.30. The second-order valence-electron chi connectivity index (χ2n) is 4.74. The van der Waals surface area contributed by atoms with Gasteiger partial charge in [-0.1, -0.05) is 29.8 Å². The molecule has 0 aliphatic rings. The quantitative estimate of drug-likeness (QED) is 0.856. The fourth-order valence-electron chi connectivity index (χ4n) is 1.80. The summed E-state index contributed by atoms with van der Waals surface area (Å²) in [6.07, 6.45) is 1.98. The largest absolute Gasteiger partial charge is 0.480 e. The van der Waals surface area contributed by atoms with Crippen LogP contribution in [0.1, 0.15) is 26.1 Å². The maximum absolute atomic E-state index is 5.36. The van der Waals surface area contributed by atoms with Gasteiger partial charge in [0, 0.05) is 10.9 Å². The standard InChI is InChI=1S/C14H17BrN2O/c1-9(2)4-7-13-16-12-6-5-10(15)8-11(12)14(17-13)18-3/h5-6,8-9H,4,7H2,1-3H3. The van der Waals surface area contributed by atoms with Gasteiger partial charge < -0.3 is 4.74 Å². The molecule has 0 aliphatic heterocycles. The van der Waals surface area contributed by atoms with Crippen molar-refractivity contribution < 1.29 is 4.74 Å². The molecule has 0 radical (unpaired) electrons. The number of aromatic nitrogens is 2. The molecule has 4 heteroatoms. The van der Waals surface area contributed by atoms with Crippen LogP contribution in [-0.2, 0) is 6.42 Å². The van der Waals surface area contributed by atoms with Crippen LogP contribution < -0.4 is 4.74 Å². The molecule has 1 heterocycles. The van der Waals surface area contributed by atoms with Crippen molar-refractivity contribution in [2.45, 2.75) is 26.7 Å². The van der Waals surface area contributed by atoms with E-state index in [9.17, 15) is 0 Å². The molecule has 0 aliphatic carbocycles. The van der Waals surface area contributed by atoms with Crippen molar-refractivity contribution in [3.05, 3.63) is 28.5 Å². The Morgan fingerprint density at radius 3 is 2.72 bits per heavy atom. The molecule has 18 heavy (non-hydrogen) atoms. The number of hydrogen-bond donors (Lipinski definition) is 0. The predicted octanol–water partition coefficient (Wildman–Crippen LogP) is 3.99. The van der Waals surface area contributed by atoms with E-state index in [4.69, 9.17) is 4.74 Å². The van der Waals surface area contributed by atoms with Gasteiger partial charge in [-0.15, -0.1) is 0 Å². The van der Waals surface area contributed by atoms with Crippen LogP contribution in [0.3, 0.4) is 0 Å². The summed E-state index contributed by atoms with van der Waals surface area (Å²) in [6, 6.07) is 5.96. The number of fused-ring (bicyclic) bond motifs is 1. The summed E-state index contributed by atoms with van der Waals surface area (Å²) in [6.45, 7) is 4.41. The van der Waals surface area contributed by atoms with Gasteiger partial charge in [0.05, 0.1) is 18.0 Å². The Kier molecular flexibility index (Phi) is 4.17. The van der Waals surface area contributed by atoms with E-state index in [-0.39, 0.29) is 0 Å². The molecule has 0 amide bonds. The van der Waals surface area contributed by atoms with Crippen LogP contribution in [0.5, 0.6) is 5.88 Å². The van der Waals surface area contributed by atoms with E-state index < -0.39 is 0 Å². The van der Waals surface area contributed by atoms with Gasteiger partial charge in [0.25, 0.3) is 0 Å². The zero-order valence-electron chi connectivity index (χ0n) is 10.9. The van der Waals surface area contributed by atoms with E-state index in [0.29, 0.717) is 11.8 Å². The monoisotopic (exact) mass is 308 g/mol. The molecule has 0 unspecified atom stereocenters. The Hall–Kier alpha value is -1.16. The number of nitrogens with zero attached hydrogens (tertiary/aromatic N) is 2. The highest BCUT2D eigenvalue weighted by molar-refractivity contribution is 9.10. The molecule has 2 aromatic rings. The molecular formula is C14H17BrN2O. The van der Waals surface area contributed by atoms with Crippen LogP contribution in [0.15, 0.2) is 22.7 Å². The van der Waals surface area contributed by atoms with Crippen LogP contribution in [0.2, 0.25) is 0 Å². The maximum atomic E-state index is 5.36. The van der Waals surface area contributed by atoms with E-state index >= 15 is 0 Å². The number of aryl methyl sites for hydroxylation is 1. The molecular weight excluding hydrogens is 292 g/mol. The van der Waals surface area contributed by atoms with E-state index in [0.717, 1.165) is 34.0 Å². The Morgan fingerprint density at radius 1 is 1.28 bits per heavy atom. The molecule has 1 aromatic carbocycles. The smallest absolute Gasteiger partial charge is 0.224 e. The average Bonchev–Trinajstić information content (AvgIpc) is 2.35. The summed E-state index contributed by atoms with van der Waals surface area (Å²) in [5.74, 6) is 2.16. The second kappa shape index (κ2) is 5.65. The minimum atomic E-state index is 0.653. The first-order chi connectivity index (χ1) is 8.60. The van der Waals surface area contributed by atoms with E-state index in [1.165, 1.54) is 0 Å². The highest BCUT2D eigenvalue weighted by Gasteiger charge is 2.09. The Morgan fingerprint density at radius 2 is 2.06 bits per heavy atom. The van der Waals surface area contributed by atoms with Crippen molar-refractivity contribution in [2.24, 2.45) is 5.92 Å². The normalized spacial score (nSPS) is 11.2. The summed E-state index contributed by atoms with van der Waals surface area (Å²) >= 11 is 3.45. The molecule has 0 saturated heterocycles. The number of benzene rings is 1. The van der Waals surface area contributed by atoms with Gasteiger partial charge in [0.2, 0.25) is 5.88 Å². The van der Waals surface area contributed by atoms with Crippen LogP contribution in [-0.4, -0.2) is 17.1 Å². The van der Waals surface area contributed by atoms with Crippen LogP contribution in [0, 0.1) is 5.92 Å². The fourth-order valence-corrected chi connectivity index (χ4v) is 2.16. The lowest BCUT2D eigenvalue weighted by molar-refractivity contribution is 0.400. The minimum Gasteiger partial charge on any atom is -0.480 e. The molecule has 96 valence electrons. The summed E-state index contributed by atoms with van der Waals surface area (Å²) in [5, 5.41) is 0.945. The zero-order valence-corrected chi connectivity index (χ0v) is 12.5. The molecule has 3 nitrogen and oxygen atoms in total. The van der Waals surface area contributed by atoms with Gasteiger partial charge in [-0.05, 0) is 30.5 Å². The van der Waals surface area contributed by atoms with Gasteiger partial charge in [0.1, 0.15) is 5.82 Å². The fraction of sp³-hybridized carbons (Fsp3) is 0.429. The summed E-state index contributed by atoms with van der Waals surface area (Å²) < 4.78 is 6.36. The lowest BCUT2D eigenvalue weighted by Crippen LogP contribution is -2.01. The van der Waals surface area contributed by atoms with Crippen molar-refractivity contribution >= 4 is 26.8 Å². The highest BCUT2D eigenvalue weighted by Crippen LogP contribution is 2.26. The first-order valence-corrected chi connectivity index (χ1v) is 6.89. The lowest BCUT2D eigenvalue weighted by Gasteiger charge is -2.08. The van der Waals surface area contributed by atoms with E-state index in [1.807, 2.05) is 18.2 Å². The molecule has 2 rings (SSSR count). The van der Waals surface area contributed by atoms with Gasteiger partial charge in [0.15, 0.2) is 0 Å². The Labute approximate surface area is 116 Å². The third-order valence-electron chi connectivity index (χ3n) is 2.81. The number of hydrogen-bond acceptors (Lipinski definition) is 3. The number of halogens is 1. The highest BCUT2D eigenvalue weighted by atomic mass is 79.9. The molecule has 0 fully saturated rings. The summed E-state index contributed by atoms with van der Waals surface area (Å²) in [7, 11) is 1.65. The first kappa shape index (κ1) is 13.3. The molecule has 0 spiro atoms. The first-order valence-electron chi connectivity index (χ1n) is 6.10. The second-order valence-corrected chi connectivity index (χ2v) is 5.66. The summed E-state index contributed by atoms with van der Waals surface area (Å²) in [4.78, 5) is 9.06. The van der Waals surface area contributed by atoms with Crippen molar-refractivity contribution in [2.75, 3.05) is 7.11 Å². The molecule has 0 saturated carbocycles. The van der Waals surface area contributed by atoms with E-state index in [1.54, 1.807) is 7.11 Å². The molecule has 1 aromatic heterocycles. The minimum absolute atomic E-state index is 0.653. The SMILES string of the molecule is COc1nc(CCC(C)C)nc2ccc(Br)cc12. The van der Waals surface area contributed by atoms with Crippen LogP contribution in [0.25, 0.3) is 10.9 Å².